The molecule has 0 fully saturated rings. The van der Waals surface area contributed by atoms with Crippen molar-refractivity contribution in [1.82, 2.24) is 9.47 Å². The molecule has 2 aromatic carbocycles. The SMILES string of the molecule is COc1ccccc1NC(=S)N1CCn2cccc2[C@@H]1c1ccc([N+](=O)[O-])cc1. The number of hydrogen-bond acceptors (Lipinski definition) is 4. The largest absolute Gasteiger partial charge is 0.495 e. The average Bonchev–Trinajstić information content (AvgIpc) is 3.22. The molecule has 1 N–H and O–H groups in total. The number of aromatic nitrogens is 1. The van der Waals surface area contributed by atoms with Crippen LogP contribution in [0.15, 0.2) is 66.9 Å². The van der Waals surface area contributed by atoms with Gasteiger partial charge in [0.05, 0.1) is 23.8 Å². The van der Waals surface area contributed by atoms with Gasteiger partial charge in [0, 0.05) is 37.1 Å². The first-order valence-corrected chi connectivity index (χ1v) is 9.59. The molecular weight excluding hydrogens is 388 g/mol. The summed E-state index contributed by atoms with van der Waals surface area (Å²) in [6.07, 6.45) is 2.04. The van der Waals surface area contributed by atoms with Crippen molar-refractivity contribution in [2.75, 3.05) is 19.0 Å². The number of nitro groups is 1. The van der Waals surface area contributed by atoms with Crippen LogP contribution >= 0.6 is 12.2 Å². The van der Waals surface area contributed by atoms with Gasteiger partial charge in [0.25, 0.3) is 5.69 Å². The third-order valence-corrected chi connectivity index (χ3v) is 5.40. The minimum absolute atomic E-state index is 0.0706. The van der Waals surface area contributed by atoms with Crippen molar-refractivity contribution in [3.05, 3.63) is 88.2 Å². The maximum atomic E-state index is 11.0. The summed E-state index contributed by atoms with van der Waals surface area (Å²) in [6.45, 7) is 1.52. The number of thiocarbonyl (C=S) groups is 1. The monoisotopic (exact) mass is 408 g/mol. The quantitative estimate of drug-likeness (QED) is 0.396. The van der Waals surface area contributed by atoms with Gasteiger partial charge in [0.1, 0.15) is 5.75 Å². The molecule has 2 heterocycles. The summed E-state index contributed by atoms with van der Waals surface area (Å²) < 4.78 is 7.60. The molecule has 0 amide bonds. The Morgan fingerprint density at radius 1 is 1.14 bits per heavy atom. The zero-order valence-corrected chi connectivity index (χ0v) is 16.6. The Bertz CT molecular complexity index is 1050. The number of para-hydroxylation sites is 2. The first-order chi connectivity index (χ1) is 14.1. The molecule has 0 aliphatic carbocycles. The predicted octanol–water partition coefficient (Wildman–Crippen LogP) is 4.21. The van der Waals surface area contributed by atoms with Gasteiger partial charge in [-0.25, -0.2) is 0 Å². The van der Waals surface area contributed by atoms with Crippen LogP contribution < -0.4 is 10.1 Å². The van der Waals surface area contributed by atoms with E-state index < -0.39 is 0 Å². The van der Waals surface area contributed by atoms with Gasteiger partial charge in [0.2, 0.25) is 0 Å². The second-order valence-electron chi connectivity index (χ2n) is 6.70. The maximum absolute atomic E-state index is 11.0. The molecule has 7 nitrogen and oxygen atoms in total. The number of methoxy groups -OCH3 is 1. The molecule has 29 heavy (non-hydrogen) atoms. The van der Waals surface area contributed by atoms with Gasteiger partial charge < -0.3 is 19.5 Å². The fourth-order valence-corrected chi connectivity index (χ4v) is 3.97. The molecule has 0 saturated carbocycles. The molecule has 1 aliphatic heterocycles. The second-order valence-corrected chi connectivity index (χ2v) is 7.09. The van der Waals surface area contributed by atoms with Gasteiger partial charge in [-0.1, -0.05) is 12.1 Å². The summed E-state index contributed by atoms with van der Waals surface area (Å²) in [5.74, 6) is 0.710. The lowest BCUT2D eigenvalue weighted by atomic mass is 10.00. The number of ether oxygens (including phenoxy) is 1. The fraction of sp³-hybridized carbons (Fsp3) is 0.190. The molecule has 4 rings (SSSR count). The first-order valence-electron chi connectivity index (χ1n) is 9.18. The van der Waals surface area contributed by atoms with Gasteiger partial charge in [-0.2, -0.15) is 0 Å². The number of nitro benzene ring substituents is 1. The average molecular weight is 408 g/mol. The van der Waals surface area contributed by atoms with Gasteiger partial charge in [-0.3, -0.25) is 10.1 Å². The van der Waals surface area contributed by atoms with Crippen LogP contribution in [0.3, 0.4) is 0 Å². The number of non-ortho nitro benzene ring substituents is 1. The van der Waals surface area contributed by atoms with Crippen molar-refractivity contribution in [2.24, 2.45) is 0 Å². The summed E-state index contributed by atoms with van der Waals surface area (Å²) >= 11 is 5.75. The Morgan fingerprint density at radius 2 is 1.90 bits per heavy atom. The highest BCUT2D eigenvalue weighted by atomic mass is 32.1. The molecule has 1 aromatic heterocycles. The van der Waals surface area contributed by atoms with Gasteiger partial charge in [-0.05, 0) is 54.2 Å². The van der Waals surface area contributed by atoms with Gasteiger partial charge >= 0.3 is 0 Å². The molecule has 1 atom stereocenters. The minimum Gasteiger partial charge on any atom is -0.495 e. The minimum atomic E-state index is -0.390. The van der Waals surface area contributed by atoms with Crippen LogP contribution in [-0.4, -0.2) is 33.2 Å². The van der Waals surface area contributed by atoms with Crippen LogP contribution in [0, 0.1) is 10.1 Å². The van der Waals surface area contributed by atoms with Crippen molar-refractivity contribution in [3.63, 3.8) is 0 Å². The molecule has 8 heteroatoms. The molecule has 0 unspecified atom stereocenters. The smallest absolute Gasteiger partial charge is 0.269 e. The Kier molecular flexibility index (Phi) is 5.18. The van der Waals surface area contributed by atoms with Gasteiger partial charge in [0.15, 0.2) is 5.11 Å². The molecule has 0 saturated heterocycles. The summed E-state index contributed by atoms with van der Waals surface area (Å²) in [7, 11) is 1.62. The van der Waals surface area contributed by atoms with E-state index in [0.29, 0.717) is 17.4 Å². The number of hydrogen-bond donors (Lipinski definition) is 1. The molecular formula is C21H20N4O3S. The van der Waals surface area contributed by atoms with E-state index in [4.69, 9.17) is 17.0 Å². The van der Waals surface area contributed by atoms with Crippen LogP contribution in [-0.2, 0) is 6.54 Å². The van der Waals surface area contributed by atoms with E-state index in [1.165, 1.54) is 12.1 Å². The fourth-order valence-electron chi connectivity index (χ4n) is 3.67. The number of anilines is 1. The zero-order chi connectivity index (χ0) is 20.4. The summed E-state index contributed by atoms with van der Waals surface area (Å²) in [6, 6.07) is 18.2. The number of rotatable bonds is 4. The Hall–Kier alpha value is -3.39. The molecule has 0 spiro atoms. The highest BCUT2D eigenvalue weighted by molar-refractivity contribution is 7.80. The zero-order valence-electron chi connectivity index (χ0n) is 15.8. The summed E-state index contributed by atoms with van der Waals surface area (Å²) in [4.78, 5) is 12.7. The van der Waals surface area contributed by atoms with E-state index in [-0.39, 0.29) is 16.7 Å². The molecule has 1 aliphatic rings. The van der Waals surface area contributed by atoms with E-state index in [9.17, 15) is 10.1 Å². The van der Waals surface area contributed by atoms with Crippen LogP contribution in [0.4, 0.5) is 11.4 Å². The van der Waals surface area contributed by atoms with Crippen molar-refractivity contribution in [1.29, 1.82) is 0 Å². The van der Waals surface area contributed by atoms with Crippen LogP contribution in [0.1, 0.15) is 17.3 Å². The standard InChI is InChI=1S/C21H20N4O3S/c1-28-19-7-3-2-5-17(19)22-21(29)24-14-13-23-12-4-6-18(23)20(24)15-8-10-16(11-9-15)25(26)27/h2-12,20H,13-14H2,1H3,(H,22,29)/t20-/m0/s1. The number of benzene rings is 2. The number of nitrogens with zero attached hydrogens (tertiary/aromatic N) is 3. The first kappa shape index (κ1) is 18.9. The molecule has 0 radical (unpaired) electrons. The highest BCUT2D eigenvalue weighted by Crippen LogP contribution is 2.34. The summed E-state index contributed by atoms with van der Waals surface area (Å²) in [5.41, 5.74) is 2.90. The van der Waals surface area contributed by atoms with Crippen molar-refractivity contribution in [2.45, 2.75) is 12.6 Å². The van der Waals surface area contributed by atoms with E-state index in [2.05, 4.69) is 20.9 Å². The van der Waals surface area contributed by atoms with Crippen molar-refractivity contribution < 1.29 is 9.66 Å². The van der Waals surface area contributed by atoms with E-state index >= 15 is 0 Å². The lowest BCUT2D eigenvalue weighted by Gasteiger charge is -2.39. The highest BCUT2D eigenvalue weighted by Gasteiger charge is 2.31. The topological polar surface area (TPSA) is 72.6 Å². The summed E-state index contributed by atoms with van der Waals surface area (Å²) in [5, 5.41) is 14.9. The van der Waals surface area contributed by atoms with Crippen LogP contribution in [0.5, 0.6) is 5.75 Å². The second kappa shape index (κ2) is 7.92. The van der Waals surface area contributed by atoms with Gasteiger partial charge in [-0.15, -0.1) is 0 Å². The molecule has 148 valence electrons. The van der Waals surface area contributed by atoms with Crippen LogP contribution in [0.25, 0.3) is 0 Å². The van der Waals surface area contributed by atoms with Crippen molar-refractivity contribution in [3.8, 4) is 5.75 Å². The third kappa shape index (κ3) is 3.66. The lowest BCUT2D eigenvalue weighted by Crippen LogP contribution is -2.44. The maximum Gasteiger partial charge on any atom is 0.269 e. The van der Waals surface area contributed by atoms with Crippen molar-refractivity contribution >= 4 is 28.7 Å². The molecule has 0 bridgehead atoms. The van der Waals surface area contributed by atoms with Crippen LogP contribution in [0.2, 0.25) is 0 Å². The van der Waals surface area contributed by atoms with E-state index in [0.717, 1.165) is 23.5 Å². The van der Waals surface area contributed by atoms with E-state index in [1.54, 1.807) is 19.2 Å². The third-order valence-electron chi connectivity index (χ3n) is 5.07. The lowest BCUT2D eigenvalue weighted by molar-refractivity contribution is -0.384. The molecule has 3 aromatic rings. The normalized spacial score (nSPS) is 15.5. The number of fused-ring (bicyclic) bond motifs is 1. The Balaban J connectivity index is 1.67. The Labute approximate surface area is 173 Å². The Morgan fingerprint density at radius 3 is 2.62 bits per heavy atom. The predicted molar refractivity (Wildman–Crippen MR) is 115 cm³/mol. The van der Waals surface area contributed by atoms with E-state index in [1.807, 2.05) is 36.5 Å². The number of nitrogens with one attached hydrogen (secondary N) is 1.